The molecule has 3 atom stereocenters. The molecule has 1 amide bonds. The smallest absolute Gasteiger partial charge is 0.456 e. The molecule has 0 radical (unpaired) electrons. The van der Waals surface area contributed by atoms with Gasteiger partial charge in [0.2, 0.25) is 5.91 Å². The van der Waals surface area contributed by atoms with E-state index in [9.17, 15) is 19.0 Å². The maximum atomic E-state index is 13.4. The van der Waals surface area contributed by atoms with E-state index in [0.29, 0.717) is 17.4 Å². The van der Waals surface area contributed by atoms with Crippen molar-refractivity contribution in [3.63, 3.8) is 0 Å². The number of nitrogens with zero attached hydrogens (tertiary/aromatic N) is 1. The van der Waals surface area contributed by atoms with E-state index in [4.69, 9.17) is 13.8 Å². The number of carbonyl (C=O) groups excluding carboxylic acids is 2. The number of quaternary nitrogens is 1. The highest BCUT2D eigenvalue weighted by molar-refractivity contribution is 7.47. The number of hydrogen-bond donors (Lipinski definition) is 2. The summed E-state index contributed by atoms with van der Waals surface area (Å²) in [6.07, 6.45) is 52.7. The number of ether oxygens (including phenoxy) is 1. The first-order chi connectivity index (χ1) is 31.4. The van der Waals surface area contributed by atoms with Gasteiger partial charge in [0.15, 0.2) is 0 Å². The summed E-state index contributed by atoms with van der Waals surface area (Å²) in [7, 11) is 1.50. The van der Waals surface area contributed by atoms with Crippen LogP contribution >= 0.6 is 7.82 Å². The molecule has 3 unspecified atom stereocenters. The standard InChI is InChI=1S/C55H105N2O7P/c1-7-10-13-16-19-22-25-28-30-33-36-39-42-45-48-55(59)64-53(46-43-40-37-34-31-27-24-21-18-15-12-9-3)52(51-63-65(60,61)62-50-49-57(4,5)6)56-54(58)47-44-41-38-35-32-29-26-23-20-17-14-11-8-2/h10,13,19,22,43,46,52-53H,7-9,11-12,14-18,20-21,23-42,44-45,47-51H2,1-6H3,(H-,56,58,60,61)/p+1/b13-10+,22-19+,46-43+. The van der Waals surface area contributed by atoms with Gasteiger partial charge in [0.25, 0.3) is 0 Å². The van der Waals surface area contributed by atoms with E-state index in [-0.39, 0.29) is 31.5 Å². The third-order valence-electron chi connectivity index (χ3n) is 12.1. The highest BCUT2D eigenvalue weighted by Gasteiger charge is 2.30. The molecule has 0 aromatic rings. The van der Waals surface area contributed by atoms with E-state index < -0.39 is 20.0 Å². The number of hydrogen-bond acceptors (Lipinski definition) is 6. The molecule has 0 fully saturated rings. The minimum Gasteiger partial charge on any atom is -0.456 e. The summed E-state index contributed by atoms with van der Waals surface area (Å²) in [6.45, 7) is 6.90. The van der Waals surface area contributed by atoms with Crippen molar-refractivity contribution >= 4 is 19.7 Å². The summed E-state index contributed by atoms with van der Waals surface area (Å²) < 4.78 is 30.5. The molecule has 0 aromatic carbocycles. The lowest BCUT2D eigenvalue weighted by molar-refractivity contribution is -0.870. The van der Waals surface area contributed by atoms with E-state index in [1.165, 1.54) is 135 Å². The second kappa shape index (κ2) is 46.0. The van der Waals surface area contributed by atoms with E-state index in [1.54, 1.807) is 0 Å². The molecule has 0 spiro atoms. The van der Waals surface area contributed by atoms with Gasteiger partial charge >= 0.3 is 13.8 Å². The molecule has 0 aliphatic heterocycles. The number of esters is 1. The van der Waals surface area contributed by atoms with Gasteiger partial charge in [-0.3, -0.25) is 18.6 Å². The number of phosphoric ester groups is 1. The van der Waals surface area contributed by atoms with Crippen molar-refractivity contribution < 1.29 is 37.3 Å². The molecule has 0 bridgehead atoms. The van der Waals surface area contributed by atoms with Gasteiger partial charge in [-0.05, 0) is 57.4 Å². The average molecular weight is 938 g/mol. The first kappa shape index (κ1) is 63.2. The van der Waals surface area contributed by atoms with Gasteiger partial charge in [-0.15, -0.1) is 0 Å². The fourth-order valence-electron chi connectivity index (χ4n) is 7.86. The Balaban J connectivity index is 5.39. The van der Waals surface area contributed by atoms with Gasteiger partial charge in [-0.25, -0.2) is 4.57 Å². The molecule has 0 aliphatic rings. The molecule has 0 saturated carbocycles. The van der Waals surface area contributed by atoms with Gasteiger partial charge in [0, 0.05) is 12.8 Å². The van der Waals surface area contributed by atoms with E-state index >= 15 is 0 Å². The van der Waals surface area contributed by atoms with Crippen molar-refractivity contribution in [2.24, 2.45) is 0 Å². The SMILES string of the molecule is CC/C=C/C/C=C/CCCCCCCCCC(=O)OC(/C=C/CCCCCCCCCCCC)C(COP(=O)(O)OCC[N+](C)(C)C)NC(=O)CCCCCCCCCCCCCCC. The maximum Gasteiger partial charge on any atom is 0.472 e. The van der Waals surface area contributed by atoms with Gasteiger partial charge in [-0.1, -0.05) is 218 Å². The Hall–Kier alpha value is -1.77. The number of likely N-dealkylation sites (N-methyl/N-ethyl adjacent to an activating group) is 1. The number of carbonyl (C=O) groups is 2. The highest BCUT2D eigenvalue weighted by Crippen LogP contribution is 2.43. The van der Waals surface area contributed by atoms with Crippen LogP contribution in [0.5, 0.6) is 0 Å². The Kier molecular flexibility index (Phi) is 44.7. The van der Waals surface area contributed by atoms with Crippen LogP contribution in [0, 0.1) is 0 Å². The van der Waals surface area contributed by atoms with Crippen molar-refractivity contribution in [1.82, 2.24) is 5.32 Å². The zero-order valence-corrected chi connectivity index (χ0v) is 44.4. The topological polar surface area (TPSA) is 111 Å². The third-order valence-corrected chi connectivity index (χ3v) is 13.1. The first-order valence-electron chi connectivity index (χ1n) is 27.3. The Morgan fingerprint density at radius 2 is 0.985 bits per heavy atom. The number of amides is 1. The molecule has 10 heteroatoms. The monoisotopic (exact) mass is 938 g/mol. The van der Waals surface area contributed by atoms with Crippen LogP contribution in [0.3, 0.4) is 0 Å². The molecule has 0 aromatic heterocycles. The predicted molar refractivity (Wildman–Crippen MR) is 277 cm³/mol. The number of allylic oxidation sites excluding steroid dienone is 5. The van der Waals surface area contributed by atoms with Crippen LogP contribution in [0.25, 0.3) is 0 Å². The molecule has 0 heterocycles. The highest BCUT2D eigenvalue weighted by atomic mass is 31.2. The van der Waals surface area contributed by atoms with E-state index in [1.807, 2.05) is 33.3 Å². The maximum absolute atomic E-state index is 13.4. The van der Waals surface area contributed by atoms with Crippen molar-refractivity contribution in [2.45, 2.75) is 264 Å². The van der Waals surface area contributed by atoms with Crippen LogP contribution in [0.4, 0.5) is 0 Å². The molecule has 0 saturated heterocycles. The number of rotatable bonds is 49. The van der Waals surface area contributed by atoms with Gasteiger partial charge in [-0.2, -0.15) is 0 Å². The lowest BCUT2D eigenvalue weighted by atomic mass is 10.0. The minimum atomic E-state index is -4.44. The second-order valence-corrected chi connectivity index (χ2v) is 21.2. The zero-order valence-electron chi connectivity index (χ0n) is 43.5. The van der Waals surface area contributed by atoms with Crippen LogP contribution < -0.4 is 5.32 Å². The average Bonchev–Trinajstić information content (AvgIpc) is 3.26. The lowest BCUT2D eigenvalue weighted by Gasteiger charge is -2.27. The van der Waals surface area contributed by atoms with Crippen molar-refractivity contribution in [1.29, 1.82) is 0 Å². The van der Waals surface area contributed by atoms with Crippen LogP contribution in [0.1, 0.15) is 252 Å². The van der Waals surface area contributed by atoms with Crippen molar-refractivity contribution in [3.8, 4) is 0 Å². The summed E-state index contributed by atoms with van der Waals surface area (Å²) in [5.41, 5.74) is 0. The zero-order chi connectivity index (χ0) is 48.0. The fourth-order valence-corrected chi connectivity index (χ4v) is 8.60. The number of unbranched alkanes of at least 4 members (excludes halogenated alkanes) is 29. The third kappa shape index (κ3) is 47.1. The first-order valence-corrected chi connectivity index (χ1v) is 28.8. The molecule has 382 valence electrons. The van der Waals surface area contributed by atoms with Gasteiger partial charge in [0.1, 0.15) is 19.3 Å². The second-order valence-electron chi connectivity index (χ2n) is 19.7. The van der Waals surface area contributed by atoms with E-state index in [0.717, 1.165) is 83.5 Å². The number of nitrogens with one attached hydrogen (secondary N) is 1. The molecule has 9 nitrogen and oxygen atoms in total. The fraction of sp³-hybridized carbons (Fsp3) is 0.855. The number of phosphoric acid groups is 1. The predicted octanol–water partition coefficient (Wildman–Crippen LogP) is 16.0. The molecule has 0 aliphatic carbocycles. The molecular formula is C55H106N2O7P+. The Bertz CT molecular complexity index is 1220. The van der Waals surface area contributed by atoms with Crippen LogP contribution in [0.15, 0.2) is 36.5 Å². The van der Waals surface area contributed by atoms with Crippen molar-refractivity contribution in [3.05, 3.63) is 36.5 Å². The summed E-state index contributed by atoms with van der Waals surface area (Å²) in [5, 5.41) is 3.04. The van der Waals surface area contributed by atoms with Crippen LogP contribution in [-0.4, -0.2) is 74.3 Å². The summed E-state index contributed by atoms with van der Waals surface area (Å²) >= 11 is 0. The molecule has 65 heavy (non-hydrogen) atoms. The Labute approximate surface area is 402 Å². The van der Waals surface area contributed by atoms with E-state index in [2.05, 4.69) is 50.4 Å². The minimum absolute atomic E-state index is 0.0407. The summed E-state index contributed by atoms with van der Waals surface area (Å²) in [6, 6.07) is -0.845. The van der Waals surface area contributed by atoms with Gasteiger partial charge < -0.3 is 19.4 Å². The van der Waals surface area contributed by atoms with Crippen molar-refractivity contribution in [2.75, 3.05) is 40.9 Å². The van der Waals surface area contributed by atoms with Crippen LogP contribution in [-0.2, 0) is 27.9 Å². The van der Waals surface area contributed by atoms with Crippen LogP contribution in [0.2, 0.25) is 0 Å². The largest absolute Gasteiger partial charge is 0.472 e. The normalized spacial score (nSPS) is 14.1. The molecular weight excluding hydrogens is 832 g/mol. The van der Waals surface area contributed by atoms with Gasteiger partial charge in [0.05, 0.1) is 33.8 Å². The lowest BCUT2D eigenvalue weighted by Crippen LogP contribution is -2.47. The quantitative estimate of drug-likeness (QED) is 0.0205. The molecule has 0 rings (SSSR count). The summed E-state index contributed by atoms with van der Waals surface area (Å²) in [4.78, 5) is 37.5. The molecule has 2 N–H and O–H groups in total. The Morgan fingerprint density at radius 1 is 0.554 bits per heavy atom. The Morgan fingerprint density at radius 3 is 1.46 bits per heavy atom. The summed E-state index contributed by atoms with van der Waals surface area (Å²) in [5.74, 6) is -0.508.